The largest absolute Gasteiger partial charge is 0.444 e. The molecule has 5 rings (SSSR count). The molecule has 3 unspecified atom stereocenters. The summed E-state index contributed by atoms with van der Waals surface area (Å²) in [6.07, 6.45) is 2.76. The summed E-state index contributed by atoms with van der Waals surface area (Å²) in [6.45, 7) is 3.42. The molecule has 1 aliphatic heterocycles. The van der Waals surface area contributed by atoms with Gasteiger partial charge in [0.25, 0.3) is 0 Å². The summed E-state index contributed by atoms with van der Waals surface area (Å²) in [5, 5.41) is 13.4. The number of hydrogen-bond donors (Lipinski definition) is 0. The van der Waals surface area contributed by atoms with E-state index in [4.69, 9.17) is 9.40 Å². The van der Waals surface area contributed by atoms with E-state index in [0.29, 0.717) is 29.5 Å². The second kappa shape index (κ2) is 6.16. The van der Waals surface area contributed by atoms with E-state index >= 15 is 0 Å². The fraction of sp³-hybridized carbons (Fsp3) is 0.368. The molecule has 3 aromatic rings. The van der Waals surface area contributed by atoms with Crippen LogP contribution in [0.25, 0.3) is 10.8 Å². The number of hydrogen-bond acceptors (Lipinski definition) is 7. The first-order valence-electron chi connectivity index (χ1n) is 8.98. The van der Waals surface area contributed by atoms with Crippen LogP contribution in [-0.2, 0) is 0 Å². The zero-order chi connectivity index (χ0) is 18.5. The predicted octanol–water partition coefficient (Wildman–Crippen LogP) is 4.25. The van der Waals surface area contributed by atoms with Crippen LogP contribution in [0, 0.1) is 28.9 Å². The number of rotatable bonds is 4. The van der Waals surface area contributed by atoms with E-state index in [2.05, 4.69) is 9.88 Å². The van der Waals surface area contributed by atoms with Crippen molar-refractivity contribution in [3.8, 4) is 10.8 Å². The smallest absolute Gasteiger partial charge is 0.311 e. The third-order valence-electron chi connectivity index (χ3n) is 5.58. The molecular formula is C19H18N4O3S. The van der Waals surface area contributed by atoms with Gasteiger partial charge in [-0.25, -0.2) is 9.97 Å². The molecule has 2 fully saturated rings. The summed E-state index contributed by atoms with van der Waals surface area (Å²) >= 11 is 1.61. The quantitative estimate of drug-likeness (QED) is 0.495. The van der Waals surface area contributed by atoms with Gasteiger partial charge in [0.15, 0.2) is 0 Å². The second-order valence-electron chi connectivity index (χ2n) is 7.20. The van der Waals surface area contributed by atoms with Gasteiger partial charge in [-0.1, -0.05) is 6.07 Å². The van der Waals surface area contributed by atoms with Gasteiger partial charge < -0.3 is 9.32 Å². The minimum absolute atomic E-state index is 0.0812. The number of pyridine rings is 1. The molecule has 27 heavy (non-hydrogen) atoms. The SMILES string of the molecule is Cc1ccc([N+](=O)[O-])c(N2CCC3C(C2)C3c2coc(-c3cccs3)n2)n1. The normalized spacial score (nSPS) is 23.9. The fourth-order valence-electron chi connectivity index (χ4n) is 4.23. The third-order valence-corrected chi connectivity index (χ3v) is 6.44. The maximum absolute atomic E-state index is 11.4. The summed E-state index contributed by atoms with van der Waals surface area (Å²) < 4.78 is 5.68. The molecule has 1 aliphatic carbocycles. The van der Waals surface area contributed by atoms with Gasteiger partial charge in [0.1, 0.15) is 6.26 Å². The van der Waals surface area contributed by atoms with Crippen molar-refractivity contribution in [3.63, 3.8) is 0 Å². The van der Waals surface area contributed by atoms with Gasteiger partial charge in [-0.2, -0.15) is 0 Å². The van der Waals surface area contributed by atoms with E-state index in [1.807, 2.05) is 24.4 Å². The summed E-state index contributed by atoms with van der Waals surface area (Å²) in [7, 11) is 0. The molecule has 0 aromatic carbocycles. The average molecular weight is 382 g/mol. The highest BCUT2D eigenvalue weighted by Crippen LogP contribution is 2.58. The summed E-state index contributed by atoms with van der Waals surface area (Å²) in [5.41, 5.74) is 1.88. The number of oxazole rings is 1. The minimum Gasteiger partial charge on any atom is -0.444 e. The lowest BCUT2D eigenvalue weighted by atomic mass is 10.1. The van der Waals surface area contributed by atoms with E-state index in [9.17, 15) is 10.1 Å². The number of anilines is 1. The Kier molecular flexibility index (Phi) is 3.75. The molecule has 0 amide bonds. The monoisotopic (exact) mass is 382 g/mol. The Hall–Kier alpha value is -2.74. The van der Waals surface area contributed by atoms with Crippen molar-refractivity contribution in [2.75, 3.05) is 18.0 Å². The number of piperidine rings is 1. The minimum atomic E-state index is -0.344. The molecule has 1 saturated heterocycles. The van der Waals surface area contributed by atoms with Crippen molar-refractivity contribution in [1.29, 1.82) is 0 Å². The van der Waals surface area contributed by atoms with E-state index in [-0.39, 0.29) is 10.6 Å². The van der Waals surface area contributed by atoms with Crippen molar-refractivity contribution in [1.82, 2.24) is 9.97 Å². The molecule has 0 spiro atoms. The van der Waals surface area contributed by atoms with Crippen LogP contribution in [0.3, 0.4) is 0 Å². The van der Waals surface area contributed by atoms with Gasteiger partial charge in [0.05, 0.1) is 15.5 Å². The van der Waals surface area contributed by atoms with Crippen LogP contribution in [-0.4, -0.2) is 28.0 Å². The standard InChI is InChI=1S/C19H18N4O3S/c1-11-4-5-15(23(24)25)18(20-11)22-7-6-12-13(9-22)17(12)14-10-26-19(21-14)16-3-2-8-27-16/h2-5,8,10,12-13,17H,6-7,9H2,1H3. The summed E-state index contributed by atoms with van der Waals surface area (Å²) in [6, 6.07) is 7.24. The third kappa shape index (κ3) is 2.80. The zero-order valence-corrected chi connectivity index (χ0v) is 15.6. The predicted molar refractivity (Wildman–Crippen MR) is 102 cm³/mol. The maximum Gasteiger partial charge on any atom is 0.311 e. The molecule has 3 atom stereocenters. The first-order valence-corrected chi connectivity index (χ1v) is 9.86. The number of thiophene rings is 1. The highest BCUT2D eigenvalue weighted by molar-refractivity contribution is 7.13. The molecule has 8 heteroatoms. The molecule has 4 heterocycles. The molecule has 1 saturated carbocycles. The Morgan fingerprint density at radius 3 is 2.96 bits per heavy atom. The van der Waals surface area contributed by atoms with Gasteiger partial charge in [-0.15, -0.1) is 11.3 Å². The fourth-order valence-corrected chi connectivity index (χ4v) is 4.89. The molecule has 0 bridgehead atoms. The Morgan fingerprint density at radius 2 is 2.19 bits per heavy atom. The topological polar surface area (TPSA) is 85.3 Å². The Balaban J connectivity index is 1.36. The van der Waals surface area contributed by atoms with E-state index in [1.165, 1.54) is 0 Å². The Bertz CT molecular complexity index is 1000. The average Bonchev–Trinajstić information content (AvgIpc) is 3.05. The van der Waals surface area contributed by atoms with Crippen LogP contribution in [0.5, 0.6) is 0 Å². The Morgan fingerprint density at radius 1 is 1.30 bits per heavy atom. The van der Waals surface area contributed by atoms with Crippen molar-refractivity contribution in [2.45, 2.75) is 19.3 Å². The summed E-state index contributed by atoms with van der Waals surface area (Å²) in [4.78, 5) is 23.3. The van der Waals surface area contributed by atoms with Crippen LogP contribution < -0.4 is 4.90 Å². The number of aromatic nitrogens is 2. The van der Waals surface area contributed by atoms with Crippen molar-refractivity contribution in [3.05, 3.63) is 57.4 Å². The maximum atomic E-state index is 11.4. The lowest BCUT2D eigenvalue weighted by Gasteiger charge is -2.27. The number of aryl methyl sites for hydroxylation is 1. The van der Waals surface area contributed by atoms with E-state index in [0.717, 1.165) is 35.8 Å². The van der Waals surface area contributed by atoms with Gasteiger partial charge >= 0.3 is 5.69 Å². The lowest BCUT2D eigenvalue weighted by Crippen LogP contribution is -2.32. The van der Waals surface area contributed by atoms with Gasteiger partial charge in [0, 0.05) is 30.8 Å². The summed E-state index contributed by atoms with van der Waals surface area (Å²) in [5.74, 6) is 2.56. The molecular weight excluding hydrogens is 364 g/mol. The van der Waals surface area contributed by atoms with E-state index in [1.54, 1.807) is 29.7 Å². The zero-order valence-electron chi connectivity index (χ0n) is 14.7. The van der Waals surface area contributed by atoms with Crippen molar-refractivity contribution < 1.29 is 9.34 Å². The van der Waals surface area contributed by atoms with Crippen LogP contribution in [0.15, 0.2) is 40.3 Å². The highest BCUT2D eigenvalue weighted by atomic mass is 32.1. The highest BCUT2D eigenvalue weighted by Gasteiger charge is 2.55. The molecule has 138 valence electrons. The number of nitrogens with zero attached hydrogens (tertiary/aromatic N) is 4. The van der Waals surface area contributed by atoms with Gasteiger partial charge in [0.2, 0.25) is 11.7 Å². The number of nitro groups is 1. The van der Waals surface area contributed by atoms with Gasteiger partial charge in [-0.05, 0) is 42.7 Å². The number of fused-ring (bicyclic) bond motifs is 1. The van der Waals surface area contributed by atoms with Crippen LogP contribution in [0.1, 0.15) is 23.7 Å². The molecule has 3 aromatic heterocycles. The van der Waals surface area contributed by atoms with Crippen molar-refractivity contribution >= 4 is 22.8 Å². The molecule has 7 nitrogen and oxygen atoms in total. The van der Waals surface area contributed by atoms with Gasteiger partial charge in [-0.3, -0.25) is 10.1 Å². The molecule has 0 N–H and O–H groups in total. The Labute approximate surface area is 159 Å². The molecule has 0 radical (unpaired) electrons. The first-order chi connectivity index (χ1) is 13.1. The molecule has 2 aliphatic rings. The second-order valence-corrected chi connectivity index (χ2v) is 8.14. The van der Waals surface area contributed by atoms with Crippen LogP contribution in [0.4, 0.5) is 11.5 Å². The lowest BCUT2D eigenvalue weighted by molar-refractivity contribution is -0.384. The van der Waals surface area contributed by atoms with Crippen LogP contribution in [0.2, 0.25) is 0 Å². The van der Waals surface area contributed by atoms with Crippen LogP contribution >= 0.6 is 11.3 Å². The first kappa shape index (κ1) is 16.4. The van der Waals surface area contributed by atoms with E-state index < -0.39 is 0 Å². The van der Waals surface area contributed by atoms with Crippen molar-refractivity contribution in [2.24, 2.45) is 11.8 Å².